The second-order valence-corrected chi connectivity index (χ2v) is 5.04. The molecule has 1 saturated heterocycles. The highest BCUT2D eigenvalue weighted by Crippen LogP contribution is 2.51. The van der Waals surface area contributed by atoms with Crippen LogP contribution in [0.15, 0.2) is 0 Å². The number of fused-ring (bicyclic) bond motifs is 1. The standard InChI is InChI=1S/C10H18O2/c1-9(2,11)7-4-5-10(3)8(6-7)12-10/h7-8,11H,4-6H2,1-3H3. The topological polar surface area (TPSA) is 32.8 Å². The van der Waals surface area contributed by atoms with Gasteiger partial charge in [0.2, 0.25) is 0 Å². The molecule has 2 heteroatoms. The van der Waals surface area contributed by atoms with E-state index in [-0.39, 0.29) is 5.60 Å². The van der Waals surface area contributed by atoms with Crippen LogP contribution in [0.25, 0.3) is 0 Å². The van der Waals surface area contributed by atoms with Crippen molar-refractivity contribution in [3.8, 4) is 0 Å². The lowest BCUT2D eigenvalue weighted by Crippen LogP contribution is -2.36. The van der Waals surface area contributed by atoms with E-state index in [0.717, 1.165) is 19.3 Å². The van der Waals surface area contributed by atoms with Gasteiger partial charge >= 0.3 is 0 Å². The molecule has 0 aromatic carbocycles. The number of hydrogen-bond donors (Lipinski definition) is 1. The lowest BCUT2D eigenvalue weighted by atomic mass is 9.75. The minimum Gasteiger partial charge on any atom is -0.390 e. The average molecular weight is 170 g/mol. The van der Waals surface area contributed by atoms with Gasteiger partial charge in [0.25, 0.3) is 0 Å². The first-order valence-corrected chi connectivity index (χ1v) is 4.82. The average Bonchev–Trinajstić information content (AvgIpc) is 2.56. The van der Waals surface area contributed by atoms with Gasteiger partial charge in [0.05, 0.1) is 17.3 Å². The lowest BCUT2D eigenvalue weighted by Gasteiger charge is -2.32. The van der Waals surface area contributed by atoms with Crippen LogP contribution in [-0.2, 0) is 4.74 Å². The smallest absolute Gasteiger partial charge is 0.0920 e. The third-order valence-electron chi connectivity index (χ3n) is 3.52. The maximum atomic E-state index is 9.81. The van der Waals surface area contributed by atoms with Crippen LogP contribution in [-0.4, -0.2) is 22.4 Å². The Morgan fingerprint density at radius 1 is 1.50 bits per heavy atom. The van der Waals surface area contributed by atoms with E-state index >= 15 is 0 Å². The largest absolute Gasteiger partial charge is 0.390 e. The van der Waals surface area contributed by atoms with Gasteiger partial charge < -0.3 is 9.84 Å². The molecule has 0 aromatic heterocycles. The highest BCUT2D eigenvalue weighted by molar-refractivity contribution is 5.05. The summed E-state index contributed by atoms with van der Waals surface area (Å²) in [5.41, 5.74) is -0.338. The van der Waals surface area contributed by atoms with Crippen LogP contribution in [0.3, 0.4) is 0 Å². The molecule has 0 spiro atoms. The molecule has 1 N–H and O–H groups in total. The first-order chi connectivity index (χ1) is 5.42. The van der Waals surface area contributed by atoms with Crippen molar-refractivity contribution in [1.29, 1.82) is 0 Å². The first-order valence-electron chi connectivity index (χ1n) is 4.82. The fourth-order valence-electron chi connectivity index (χ4n) is 2.29. The Morgan fingerprint density at radius 3 is 2.67 bits per heavy atom. The van der Waals surface area contributed by atoms with Crippen LogP contribution in [0.5, 0.6) is 0 Å². The van der Waals surface area contributed by atoms with Crippen molar-refractivity contribution in [3.63, 3.8) is 0 Å². The van der Waals surface area contributed by atoms with E-state index in [1.165, 1.54) is 0 Å². The SMILES string of the molecule is CC(C)(O)C1CCC2(C)OC2C1. The molecule has 0 bridgehead atoms. The summed E-state index contributed by atoms with van der Waals surface area (Å²) in [4.78, 5) is 0. The minimum absolute atomic E-state index is 0.182. The van der Waals surface area contributed by atoms with Crippen LogP contribution in [0, 0.1) is 5.92 Å². The molecule has 1 saturated carbocycles. The van der Waals surface area contributed by atoms with Gasteiger partial charge in [0, 0.05) is 0 Å². The van der Waals surface area contributed by atoms with Crippen molar-refractivity contribution in [2.45, 2.75) is 57.3 Å². The van der Waals surface area contributed by atoms with Gasteiger partial charge in [-0.2, -0.15) is 0 Å². The second-order valence-electron chi connectivity index (χ2n) is 5.04. The molecule has 2 rings (SSSR count). The Balaban J connectivity index is 1.98. The Bertz CT molecular complexity index is 195. The summed E-state index contributed by atoms with van der Waals surface area (Å²) in [5.74, 6) is 0.429. The normalized spacial score (nSPS) is 47.0. The van der Waals surface area contributed by atoms with Crippen LogP contribution < -0.4 is 0 Å². The minimum atomic E-state index is -0.521. The van der Waals surface area contributed by atoms with Gasteiger partial charge in [0.1, 0.15) is 0 Å². The lowest BCUT2D eigenvalue weighted by molar-refractivity contribution is 0.00186. The number of aliphatic hydroxyl groups is 1. The molecule has 2 aliphatic rings. The zero-order valence-electron chi connectivity index (χ0n) is 8.13. The van der Waals surface area contributed by atoms with Gasteiger partial charge in [-0.15, -0.1) is 0 Å². The molecule has 70 valence electrons. The van der Waals surface area contributed by atoms with Crippen LogP contribution >= 0.6 is 0 Å². The maximum Gasteiger partial charge on any atom is 0.0920 e. The van der Waals surface area contributed by atoms with E-state index in [1.807, 2.05) is 13.8 Å². The van der Waals surface area contributed by atoms with Gasteiger partial charge in [0.15, 0.2) is 0 Å². The highest BCUT2D eigenvalue weighted by Gasteiger charge is 2.56. The molecule has 0 amide bonds. The fourth-order valence-corrected chi connectivity index (χ4v) is 2.29. The molecule has 12 heavy (non-hydrogen) atoms. The van der Waals surface area contributed by atoms with Crippen molar-refractivity contribution in [2.75, 3.05) is 0 Å². The molecule has 0 aromatic rings. The van der Waals surface area contributed by atoms with E-state index in [9.17, 15) is 5.11 Å². The summed E-state index contributed by atoms with van der Waals surface area (Å²) in [5, 5.41) is 9.81. The molecule has 1 aliphatic carbocycles. The molecular weight excluding hydrogens is 152 g/mol. The second kappa shape index (κ2) is 2.24. The first kappa shape index (κ1) is 8.52. The fraction of sp³-hybridized carbons (Fsp3) is 1.00. The maximum absolute atomic E-state index is 9.81. The Labute approximate surface area is 73.9 Å². The number of rotatable bonds is 1. The molecule has 2 nitrogen and oxygen atoms in total. The van der Waals surface area contributed by atoms with Gasteiger partial charge in [-0.1, -0.05) is 0 Å². The predicted molar refractivity (Wildman–Crippen MR) is 46.9 cm³/mol. The molecule has 1 heterocycles. The quantitative estimate of drug-likeness (QED) is 0.608. The Hall–Kier alpha value is -0.0800. The monoisotopic (exact) mass is 170 g/mol. The summed E-state index contributed by atoms with van der Waals surface area (Å²) in [6, 6.07) is 0. The van der Waals surface area contributed by atoms with Gasteiger partial charge in [-0.05, 0) is 46.0 Å². The van der Waals surface area contributed by atoms with Crippen LogP contribution in [0.4, 0.5) is 0 Å². The molecule has 1 aliphatic heterocycles. The third-order valence-corrected chi connectivity index (χ3v) is 3.52. The predicted octanol–water partition coefficient (Wildman–Crippen LogP) is 1.71. The van der Waals surface area contributed by atoms with Crippen molar-refractivity contribution >= 4 is 0 Å². The zero-order valence-corrected chi connectivity index (χ0v) is 8.13. The highest BCUT2D eigenvalue weighted by atomic mass is 16.6. The van der Waals surface area contributed by atoms with Crippen LogP contribution in [0.1, 0.15) is 40.0 Å². The van der Waals surface area contributed by atoms with Crippen LogP contribution in [0.2, 0.25) is 0 Å². The summed E-state index contributed by atoms with van der Waals surface area (Å²) < 4.78 is 5.58. The molecular formula is C10H18O2. The van der Waals surface area contributed by atoms with E-state index in [2.05, 4.69) is 6.92 Å². The molecule has 3 unspecified atom stereocenters. The van der Waals surface area contributed by atoms with Gasteiger partial charge in [-0.25, -0.2) is 0 Å². The van der Waals surface area contributed by atoms with E-state index < -0.39 is 5.60 Å². The van der Waals surface area contributed by atoms with Gasteiger partial charge in [-0.3, -0.25) is 0 Å². The van der Waals surface area contributed by atoms with Crippen molar-refractivity contribution in [1.82, 2.24) is 0 Å². The summed E-state index contributed by atoms with van der Waals surface area (Å²) in [7, 11) is 0. The summed E-state index contributed by atoms with van der Waals surface area (Å²) in [6.45, 7) is 5.99. The Morgan fingerprint density at radius 2 is 2.17 bits per heavy atom. The third kappa shape index (κ3) is 1.27. The number of epoxide rings is 1. The van der Waals surface area contributed by atoms with E-state index in [1.54, 1.807) is 0 Å². The molecule has 3 atom stereocenters. The van der Waals surface area contributed by atoms with E-state index in [4.69, 9.17) is 4.74 Å². The van der Waals surface area contributed by atoms with E-state index in [0.29, 0.717) is 12.0 Å². The number of ether oxygens (including phenoxy) is 1. The van der Waals surface area contributed by atoms with Crippen molar-refractivity contribution < 1.29 is 9.84 Å². The summed E-state index contributed by atoms with van der Waals surface area (Å²) in [6.07, 6.45) is 3.70. The molecule has 0 radical (unpaired) electrons. The Kier molecular flexibility index (Phi) is 1.59. The summed E-state index contributed by atoms with van der Waals surface area (Å²) >= 11 is 0. The van der Waals surface area contributed by atoms with Crippen molar-refractivity contribution in [2.24, 2.45) is 5.92 Å². The number of hydrogen-bond acceptors (Lipinski definition) is 2. The zero-order chi connectivity index (χ0) is 8.98. The van der Waals surface area contributed by atoms with Crippen molar-refractivity contribution in [3.05, 3.63) is 0 Å². The molecule has 2 fully saturated rings.